The zero-order valence-corrected chi connectivity index (χ0v) is 12.5. The van der Waals surface area contributed by atoms with Gasteiger partial charge >= 0.3 is 0 Å². The highest BCUT2D eigenvalue weighted by atomic mass is 15.1. The van der Waals surface area contributed by atoms with Crippen molar-refractivity contribution < 1.29 is 0 Å². The van der Waals surface area contributed by atoms with Gasteiger partial charge in [-0.2, -0.15) is 0 Å². The second-order valence-electron chi connectivity index (χ2n) is 5.70. The number of rotatable bonds is 2. The van der Waals surface area contributed by atoms with Crippen molar-refractivity contribution in [2.75, 3.05) is 6.54 Å². The lowest BCUT2D eigenvalue weighted by atomic mass is 10.1. The number of fused-ring (bicyclic) bond motifs is 2. The first-order valence-electron chi connectivity index (χ1n) is 7.52. The molecule has 22 heavy (non-hydrogen) atoms. The summed E-state index contributed by atoms with van der Waals surface area (Å²) in [5.41, 5.74) is 4.30. The Kier molecular flexibility index (Phi) is 3.27. The van der Waals surface area contributed by atoms with E-state index in [9.17, 15) is 0 Å². The fraction of sp³-hybridized carbons (Fsp3) is 0.294. The maximum absolute atomic E-state index is 4.66. The van der Waals surface area contributed by atoms with Gasteiger partial charge in [-0.3, -0.25) is 4.90 Å². The Morgan fingerprint density at radius 3 is 3.05 bits per heavy atom. The smallest absolute Gasteiger partial charge is 0.159 e. The lowest BCUT2D eigenvalue weighted by Gasteiger charge is -2.27. The predicted octanol–water partition coefficient (Wildman–Crippen LogP) is 2.29. The highest BCUT2D eigenvalue weighted by Gasteiger charge is 2.18. The van der Waals surface area contributed by atoms with E-state index < -0.39 is 0 Å². The van der Waals surface area contributed by atoms with Crippen molar-refractivity contribution in [1.29, 1.82) is 0 Å². The molecule has 0 unspecified atom stereocenters. The molecule has 1 aliphatic heterocycles. The minimum Gasteiger partial charge on any atom is -0.293 e. The average Bonchev–Trinajstić information content (AvgIpc) is 2.55. The van der Waals surface area contributed by atoms with E-state index in [1.54, 1.807) is 6.20 Å². The van der Waals surface area contributed by atoms with Crippen LogP contribution in [0.25, 0.3) is 11.0 Å². The molecule has 0 amide bonds. The standard InChI is InChI=1S/C17H17N5/c1-12-19-9-14-10-22(8-6-16(14)20-12)11-15-5-4-13-3-2-7-18-17(13)21-15/h2-5,7,9H,6,8,10-11H2,1H3. The summed E-state index contributed by atoms with van der Waals surface area (Å²) in [6.07, 6.45) is 4.72. The van der Waals surface area contributed by atoms with E-state index in [0.29, 0.717) is 0 Å². The molecule has 0 bridgehead atoms. The van der Waals surface area contributed by atoms with Gasteiger partial charge in [0.2, 0.25) is 0 Å². The minimum absolute atomic E-state index is 0.816. The highest BCUT2D eigenvalue weighted by molar-refractivity contribution is 5.74. The van der Waals surface area contributed by atoms with Crippen LogP contribution in [0.4, 0.5) is 0 Å². The van der Waals surface area contributed by atoms with Crippen molar-refractivity contribution in [2.24, 2.45) is 0 Å². The molecule has 0 radical (unpaired) electrons. The molecule has 1 aliphatic rings. The lowest BCUT2D eigenvalue weighted by molar-refractivity contribution is 0.240. The molecular formula is C17H17N5. The van der Waals surface area contributed by atoms with E-state index in [1.807, 2.05) is 25.3 Å². The van der Waals surface area contributed by atoms with E-state index in [1.165, 1.54) is 11.3 Å². The molecule has 3 aromatic heterocycles. The summed E-state index contributed by atoms with van der Waals surface area (Å²) in [5, 5.41) is 1.08. The first-order valence-corrected chi connectivity index (χ1v) is 7.52. The van der Waals surface area contributed by atoms with Crippen molar-refractivity contribution in [1.82, 2.24) is 24.8 Å². The third-order valence-electron chi connectivity index (χ3n) is 4.04. The fourth-order valence-electron chi connectivity index (χ4n) is 2.92. The number of pyridine rings is 2. The first-order chi connectivity index (χ1) is 10.8. The van der Waals surface area contributed by atoms with Crippen molar-refractivity contribution in [2.45, 2.75) is 26.4 Å². The summed E-state index contributed by atoms with van der Waals surface area (Å²) in [7, 11) is 0. The van der Waals surface area contributed by atoms with E-state index in [2.05, 4.69) is 37.0 Å². The molecule has 0 fully saturated rings. The Bertz CT molecular complexity index is 830. The monoisotopic (exact) mass is 291 g/mol. The van der Waals surface area contributed by atoms with Gasteiger partial charge in [0.15, 0.2) is 5.65 Å². The topological polar surface area (TPSA) is 54.8 Å². The van der Waals surface area contributed by atoms with Crippen LogP contribution in [0.15, 0.2) is 36.7 Å². The molecule has 0 saturated heterocycles. The summed E-state index contributed by atoms with van der Waals surface area (Å²) < 4.78 is 0. The van der Waals surface area contributed by atoms with Gasteiger partial charge in [-0.25, -0.2) is 19.9 Å². The Morgan fingerprint density at radius 1 is 1.14 bits per heavy atom. The Balaban J connectivity index is 1.54. The van der Waals surface area contributed by atoms with Gasteiger partial charge in [0.25, 0.3) is 0 Å². The maximum atomic E-state index is 4.66. The second-order valence-corrected chi connectivity index (χ2v) is 5.70. The maximum Gasteiger partial charge on any atom is 0.159 e. The molecule has 0 N–H and O–H groups in total. The Hall–Kier alpha value is -2.40. The van der Waals surface area contributed by atoms with Crippen LogP contribution in [0, 0.1) is 6.92 Å². The molecule has 5 nitrogen and oxygen atoms in total. The summed E-state index contributed by atoms with van der Waals surface area (Å²) in [4.78, 5) is 20.2. The number of hydrogen-bond acceptors (Lipinski definition) is 5. The Labute approximate surface area is 129 Å². The van der Waals surface area contributed by atoms with Crippen molar-refractivity contribution in [3.63, 3.8) is 0 Å². The lowest BCUT2D eigenvalue weighted by Crippen LogP contribution is -2.31. The van der Waals surface area contributed by atoms with Gasteiger partial charge in [0.1, 0.15) is 5.82 Å². The summed E-state index contributed by atoms with van der Waals surface area (Å²) in [6, 6.07) is 8.16. The summed E-state index contributed by atoms with van der Waals surface area (Å²) in [5.74, 6) is 0.856. The molecular weight excluding hydrogens is 274 g/mol. The van der Waals surface area contributed by atoms with E-state index in [0.717, 1.165) is 48.6 Å². The minimum atomic E-state index is 0.816. The Morgan fingerprint density at radius 2 is 2.09 bits per heavy atom. The van der Waals surface area contributed by atoms with E-state index in [-0.39, 0.29) is 0 Å². The first kappa shape index (κ1) is 13.3. The number of aryl methyl sites for hydroxylation is 1. The third-order valence-corrected chi connectivity index (χ3v) is 4.04. The van der Waals surface area contributed by atoms with Crippen LogP contribution in [0.5, 0.6) is 0 Å². The van der Waals surface area contributed by atoms with Crippen molar-refractivity contribution in [3.05, 3.63) is 59.4 Å². The zero-order valence-electron chi connectivity index (χ0n) is 12.5. The fourth-order valence-corrected chi connectivity index (χ4v) is 2.92. The molecule has 5 heteroatoms. The normalized spacial score (nSPS) is 15.0. The van der Waals surface area contributed by atoms with Gasteiger partial charge < -0.3 is 0 Å². The molecule has 0 saturated carbocycles. The van der Waals surface area contributed by atoms with E-state index >= 15 is 0 Å². The molecule has 4 heterocycles. The van der Waals surface area contributed by atoms with Crippen LogP contribution in [-0.4, -0.2) is 31.4 Å². The van der Waals surface area contributed by atoms with Gasteiger partial charge in [0, 0.05) is 55.1 Å². The predicted molar refractivity (Wildman–Crippen MR) is 84.1 cm³/mol. The number of aromatic nitrogens is 4. The van der Waals surface area contributed by atoms with Crippen LogP contribution in [0.2, 0.25) is 0 Å². The van der Waals surface area contributed by atoms with Gasteiger partial charge in [-0.1, -0.05) is 0 Å². The average molecular weight is 291 g/mol. The van der Waals surface area contributed by atoms with Gasteiger partial charge in [-0.15, -0.1) is 0 Å². The molecule has 110 valence electrons. The quantitative estimate of drug-likeness (QED) is 0.725. The number of nitrogens with zero attached hydrogens (tertiary/aromatic N) is 5. The molecule has 0 aliphatic carbocycles. The molecule has 0 atom stereocenters. The molecule has 3 aromatic rings. The second kappa shape index (κ2) is 5.42. The van der Waals surface area contributed by atoms with Crippen molar-refractivity contribution >= 4 is 11.0 Å². The molecule has 0 aromatic carbocycles. The van der Waals surface area contributed by atoms with E-state index in [4.69, 9.17) is 0 Å². The van der Waals surface area contributed by atoms with Gasteiger partial charge in [0.05, 0.1) is 5.69 Å². The largest absolute Gasteiger partial charge is 0.293 e. The van der Waals surface area contributed by atoms with Crippen LogP contribution >= 0.6 is 0 Å². The van der Waals surface area contributed by atoms with Crippen LogP contribution in [0.3, 0.4) is 0 Å². The zero-order chi connectivity index (χ0) is 14.9. The third kappa shape index (κ3) is 2.55. The van der Waals surface area contributed by atoms with Gasteiger partial charge in [-0.05, 0) is 31.2 Å². The summed E-state index contributed by atoms with van der Waals surface area (Å²) in [6.45, 7) is 4.67. The van der Waals surface area contributed by atoms with Crippen LogP contribution in [-0.2, 0) is 19.5 Å². The highest BCUT2D eigenvalue weighted by Crippen LogP contribution is 2.18. The van der Waals surface area contributed by atoms with Crippen LogP contribution in [0.1, 0.15) is 22.8 Å². The molecule has 0 spiro atoms. The summed E-state index contributed by atoms with van der Waals surface area (Å²) >= 11 is 0. The molecule has 4 rings (SSSR count). The SMILES string of the molecule is Cc1ncc2c(n1)CCN(Cc1ccc3cccnc3n1)C2. The van der Waals surface area contributed by atoms with Crippen molar-refractivity contribution in [3.8, 4) is 0 Å². The number of hydrogen-bond donors (Lipinski definition) is 0. The van der Waals surface area contributed by atoms with Crippen LogP contribution < -0.4 is 0 Å².